The molecule has 0 saturated carbocycles. The van der Waals surface area contributed by atoms with Crippen molar-refractivity contribution < 1.29 is 14.3 Å². The van der Waals surface area contributed by atoms with E-state index in [4.69, 9.17) is 4.74 Å². The van der Waals surface area contributed by atoms with Gasteiger partial charge < -0.3 is 10.1 Å². The lowest BCUT2D eigenvalue weighted by molar-refractivity contribution is -0.142. The van der Waals surface area contributed by atoms with Gasteiger partial charge in [-0.15, -0.1) is 11.3 Å². The number of hydrogen-bond donors (Lipinski definition) is 1. The minimum atomic E-state index is -0.326. The van der Waals surface area contributed by atoms with Crippen molar-refractivity contribution in [2.45, 2.75) is 26.8 Å². The summed E-state index contributed by atoms with van der Waals surface area (Å²) in [6, 6.07) is 0. The highest BCUT2D eigenvalue weighted by atomic mass is 79.9. The Labute approximate surface area is 146 Å². The van der Waals surface area contributed by atoms with Gasteiger partial charge in [-0.05, 0) is 22.9 Å². The third-order valence-corrected chi connectivity index (χ3v) is 4.14. The molecule has 0 saturated heterocycles. The molecule has 23 heavy (non-hydrogen) atoms. The molecule has 0 aliphatic carbocycles. The Morgan fingerprint density at radius 1 is 1.52 bits per heavy atom. The van der Waals surface area contributed by atoms with Crippen LogP contribution in [0.1, 0.15) is 19.5 Å². The van der Waals surface area contributed by atoms with E-state index in [9.17, 15) is 9.59 Å². The van der Waals surface area contributed by atoms with Gasteiger partial charge in [0.2, 0.25) is 5.91 Å². The molecule has 0 aliphatic rings. The molecule has 124 valence electrons. The molecule has 0 aromatic carbocycles. The van der Waals surface area contributed by atoms with Crippen LogP contribution < -0.4 is 5.32 Å². The van der Waals surface area contributed by atoms with Crippen LogP contribution in [0.25, 0.3) is 0 Å². The van der Waals surface area contributed by atoms with Crippen LogP contribution in [0.2, 0.25) is 0 Å². The number of hydrogen-bond acceptors (Lipinski definition) is 6. The fourth-order valence-electron chi connectivity index (χ4n) is 1.84. The average Bonchev–Trinajstić information content (AvgIpc) is 3.08. The lowest BCUT2D eigenvalue weighted by Crippen LogP contribution is -2.24. The summed E-state index contributed by atoms with van der Waals surface area (Å²) in [5, 5.41) is 9.10. The Kier molecular flexibility index (Phi) is 6.28. The Balaban J connectivity index is 1.87. The quantitative estimate of drug-likeness (QED) is 0.721. The number of ether oxygens (including phenoxy) is 1. The number of carbonyl (C=O) groups excluding carboxylic acids is 2. The number of rotatable bonds is 7. The van der Waals surface area contributed by atoms with Gasteiger partial charge in [-0.3, -0.25) is 14.3 Å². The molecule has 0 spiro atoms. The number of halogens is 1. The van der Waals surface area contributed by atoms with Gasteiger partial charge in [-0.2, -0.15) is 5.10 Å². The summed E-state index contributed by atoms with van der Waals surface area (Å²) in [5.41, 5.74) is 0.590. The summed E-state index contributed by atoms with van der Waals surface area (Å²) in [6.07, 6.45) is 3.59. The summed E-state index contributed by atoms with van der Waals surface area (Å²) in [4.78, 5) is 27.8. The highest BCUT2D eigenvalue weighted by Gasteiger charge is 2.16. The Bertz CT molecular complexity index is 685. The van der Waals surface area contributed by atoms with Crippen molar-refractivity contribution in [1.82, 2.24) is 14.8 Å². The Morgan fingerprint density at radius 2 is 2.30 bits per heavy atom. The zero-order valence-corrected chi connectivity index (χ0v) is 15.2. The van der Waals surface area contributed by atoms with Crippen LogP contribution in [0.3, 0.4) is 0 Å². The number of amides is 1. The lowest BCUT2D eigenvalue weighted by atomic mass is 10.2. The standard InChI is InChI=1S/C14H17BrN4O3S/c1-3-22-12(20)4-11-8-23-14(17-11)18-13(21)9(2)6-19-7-10(15)5-16-19/h5,7-9H,3-4,6H2,1-2H3,(H,17,18,21). The van der Waals surface area contributed by atoms with Crippen LogP contribution in [0, 0.1) is 5.92 Å². The molecule has 2 heterocycles. The van der Waals surface area contributed by atoms with Gasteiger partial charge >= 0.3 is 5.97 Å². The van der Waals surface area contributed by atoms with E-state index in [0.29, 0.717) is 24.0 Å². The van der Waals surface area contributed by atoms with Gasteiger partial charge in [0.1, 0.15) is 0 Å². The molecule has 0 radical (unpaired) electrons. The lowest BCUT2D eigenvalue weighted by Gasteiger charge is -2.10. The molecular formula is C14H17BrN4O3S. The van der Waals surface area contributed by atoms with Crippen LogP contribution >= 0.6 is 27.3 Å². The zero-order chi connectivity index (χ0) is 16.8. The van der Waals surface area contributed by atoms with Gasteiger partial charge in [0.25, 0.3) is 0 Å². The number of anilines is 1. The fourth-order valence-corrected chi connectivity index (χ4v) is 2.88. The predicted molar refractivity (Wildman–Crippen MR) is 90.2 cm³/mol. The summed E-state index contributed by atoms with van der Waals surface area (Å²) in [5.74, 6) is -0.735. The second-order valence-electron chi connectivity index (χ2n) is 4.90. The second-order valence-corrected chi connectivity index (χ2v) is 6.67. The van der Waals surface area contributed by atoms with Crippen LogP contribution in [0.4, 0.5) is 5.13 Å². The van der Waals surface area contributed by atoms with Crippen LogP contribution in [0.5, 0.6) is 0 Å². The van der Waals surface area contributed by atoms with Crippen molar-refractivity contribution in [3.05, 3.63) is 27.9 Å². The molecule has 1 N–H and O–H groups in total. The van der Waals surface area contributed by atoms with E-state index in [-0.39, 0.29) is 24.2 Å². The third kappa shape index (κ3) is 5.43. The molecule has 1 unspecified atom stereocenters. The Hall–Kier alpha value is -1.74. The largest absolute Gasteiger partial charge is 0.466 e. The summed E-state index contributed by atoms with van der Waals surface area (Å²) < 4.78 is 7.43. The van der Waals surface area contributed by atoms with Crippen molar-refractivity contribution in [2.24, 2.45) is 5.92 Å². The van der Waals surface area contributed by atoms with Crippen molar-refractivity contribution in [2.75, 3.05) is 11.9 Å². The third-order valence-electron chi connectivity index (χ3n) is 2.92. The number of esters is 1. The summed E-state index contributed by atoms with van der Waals surface area (Å²) >= 11 is 4.60. The molecule has 2 aromatic rings. The van der Waals surface area contributed by atoms with Crippen LogP contribution in [-0.4, -0.2) is 33.2 Å². The first-order valence-corrected chi connectivity index (χ1v) is 8.74. The van der Waals surface area contributed by atoms with Crippen molar-refractivity contribution in [1.29, 1.82) is 0 Å². The van der Waals surface area contributed by atoms with Gasteiger partial charge in [0.15, 0.2) is 5.13 Å². The predicted octanol–water partition coefficient (Wildman–Crippen LogP) is 2.48. The first kappa shape index (κ1) is 17.6. The average molecular weight is 401 g/mol. The maximum absolute atomic E-state index is 12.2. The van der Waals surface area contributed by atoms with Crippen molar-refractivity contribution in [3.8, 4) is 0 Å². The van der Waals surface area contributed by atoms with Crippen LogP contribution in [-0.2, 0) is 27.3 Å². The maximum Gasteiger partial charge on any atom is 0.311 e. The summed E-state index contributed by atoms with van der Waals surface area (Å²) in [6.45, 7) is 4.38. The maximum atomic E-state index is 12.2. The fraction of sp³-hybridized carbons (Fsp3) is 0.429. The molecule has 2 rings (SSSR count). The molecule has 0 bridgehead atoms. The highest BCUT2D eigenvalue weighted by Crippen LogP contribution is 2.17. The number of nitrogens with one attached hydrogen (secondary N) is 1. The highest BCUT2D eigenvalue weighted by molar-refractivity contribution is 9.10. The van der Waals surface area contributed by atoms with E-state index in [1.807, 2.05) is 13.1 Å². The van der Waals surface area contributed by atoms with Crippen LogP contribution in [0.15, 0.2) is 22.2 Å². The number of thiazole rings is 1. The first-order chi connectivity index (χ1) is 11.0. The molecule has 1 amide bonds. The normalized spacial score (nSPS) is 12.0. The number of aromatic nitrogens is 3. The smallest absolute Gasteiger partial charge is 0.311 e. The van der Waals surface area contributed by atoms with Crippen molar-refractivity contribution >= 4 is 44.3 Å². The van der Waals surface area contributed by atoms with Gasteiger partial charge in [-0.25, -0.2) is 4.98 Å². The van der Waals surface area contributed by atoms with E-state index >= 15 is 0 Å². The topological polar surface area (TPSA) is 86.1 Å². The molecule has 0 fully saturated rings. The zero-order valence-electron chi connectivity index (χ0n) is 12.8. The molecule has 0 aliphatic heterocycles. The molecule has 1 atom stereocenters. The minimum absolute atomic E-state index is 0.108. The van der Waals surface area contributed by atoms with Gasteiger partial charge in [0, 0.05) is 11.6 Å². The second kappa shape index (κ2) is 8.21. The van der Waals surface area contributed by atoms with Crippen molar-refractivity contribution in [3.63, 3.8) is 0 Å². The molecule has 2 aromatic heterocycles. The SMILES string of the molecule is CCOC(=O)Cc1csc(NC(=O)C(C)Cn2cc(Br)cn2)n1. The van der Waals surface area contributed by atoms with Gasteiger partial charge in [-0.1, -0.05) is 6.92 Å². The summed E-state index contributed by atoms with van der Waals surface area (Å²) in [7, 11) is 0. The van der Waals surface area contributed by atoms with Gasteiger partial charge in [0.05, 0.1) is 41.9 Å². The van der Waals surface area contributed by atoms with E-state index in [1.54, 1.807) is 23.2 Å². The van der Waals surface area contributed by atoms with E-state index < -0.39 is 0 Å². The number of carbonyl (C=O) groups is 2. The minimum Gasteiger partial charge on any atom is -0.466 e. The molecular weight excluding hydrogens is 384 g/mol. The molecule has 7 nitrogen and oxygen atoms in total. The first-order valence-electron chi connectivity index (χ1n) is 7.06. The van der Waals surface area contributed by atoms with E-state index in [0.717, 1.165) is 4.47 Å². The molecule has 9 heteroatoms. The Morgan fingerprint density at radius 3 is 2.96 bits per heavy atom. The monoisotopic (exact) mass is 400 g/mol. The van der Waals surface area contributed by atoms with E-state index in [1.165, 1.54) is 11.3 Å². The number of nitrogens with zero attached hydrogens (tertiary/aromatic N) is 3. The van der Waals surface area contributed by atoms with E-state index in [2.05, 4.69) is 31.3 Å².